The largest absolute Gasteiger partial charge is 0.380 e. The molecule has 6 aromatic rings. The van der Waals surface area contributed by atoms with Crippen molar-refractivity contribution in [1.82, 2.24) is 39.4 Å². The SMILES string of the molecule is Cn1nc(NS(C)(=O)=O)c2c(Cl)ccc(-n3c([C@H](Cc4cc(F)cc(F)c4)NC(=O)Cn4nc(C(F)F)c5c4C(F)(F)[C@@H]4C[C@H]54)nc4nc(N5CCCOCC5)ccc4c3=O)c21. The van der Waals surface area contributed by atoms with Crippen LogP contribution < -0.4 is 20.5 Å². The van der Waals surface area contributed by atoms with Crippen molar-refractivity contribution in [3.63, 3.8) is 0 Å². The summed E-state index contributed by atoms with van der Waals surface area (Å²) < 4.78 is 124. The summed E-state index contributed by atoms with van der Waals surface area (Å²) in [5.41, 5.74) is -2.70. The second-order valence-electron chi connectivity index (χ2n) is 15.5. The Morgan fingerprint density at radius 2 is 1.81 bits per heavy atom. The molecular formula is C39H35ClF6N10O5S. The van der Waals surface area contributed by atoms with E-state index >= 15 is 8.78 Å². The minimum Gasteiger partial charge on any atom is -0.380 e. The Morgan fingerprint density at radius 3 is 2.53 bits per heavy atom. The third-order valence-electron chi connectivity index (χ3n) is 11.2. The normalized spacial score (nSPS) is 18.8. The van der Waals surface area contributed by atoms with E-state index in [1.54, 1.807) is 6.07 Å². The highest BCUT2D eigenvalue weighted by Crippen LogP contribution is 2.68. The van der Waals surface area contributed by atoms with Gasteiger partial charge in [-0.1, -0.05) is 11.6 Å². The Morgan fingerprint density at radius 1 is 1.05 bits per heavy atom. The molecule has 0 radical (unpaired) electrons. The molecule has 2 aliphatic carbocycles. The molecule has 3 aliphatic rings. The van der Waals surface area contributed by atoms with E-state index in [-0.39, 0.29) is 61.8 Å². The van der Waals surface area contributed by atoms with Gasteiger partial charge in [0.1, 0.15) is 41.2 Å². The van der Waals surface area contributed by atoms with Crippen molar-refractivity contribution < 1.29 is 44.3 Å². The number of amides is 1. The highest BCUT2D eigenvalue weighted by Gasteiger charge is 2.67. The lowest BCUT2D eigenvalue weighted by Crippen LogP contribution is -2.38. The van der Waals surface area contributed by atoms with E-state index in [2.05, 4.69) is 20.2 Å². The molecule has 9 rings (SSSR count). The second kappa shape index (κ2) is 15.3. The summed E-state index contributed by atoms with van der Waals surface area (Å²) in [5.74, 6) is -8.62. The maximum absolute atomic E-state index is 15.5. The van der Waals surface area contributed by atoms with Crippen molar-refractivity contribution in [2.45, 2.75) is 50.1 Å². The van der Waals surface area contributed by atoms with E-state index in [0.717, 1.165) is 23.0 Å². The number of halogens is 7. The number of aromatic nitrogens is 7. The average Bonchev–Trinajstić information content (AvgIpc) is 3.83. The topological polar surface area (TPSA) is 171 Å². The van der Waals surface area contributed by atoms with Gasteiger partial charge in [0.25, 0.3) is 17.9 Å². The Balaban J connectivity index is 1.24. The molecular weight excluding hydrogens is 870 g/mol. The zero-order chi connectivity index (χ0) is 44.0. The Kier molecular flexibility index (Phi) is 10.2. The van der Waals surface area contributed by atoms with Gasteiger partial charge < -0.3 is 15.0 Å². The molecule has 2 aromatic carbocycles. The molecule has 62 heavy (non-hydrogen) atoms. The lowest BCUT2D eigenvalue weighted by atomic mass is 10.0. The first-order valence-corrected chi connectivity index (χ1v) is 21.6. The van der Waals surface area contributed by atoms with Crippen LogP contribution in [0.4, 0.5) is 38.0 Å². The fraction of sp³-hybridized carbons (Fsp3) is 0.385. The highest BCUT2D eigenvalue weighted by atomic mass is 35.5. The van der Waals surface area contributed by atoms with Gasteiger partial charge in [-0.2, -0.15) is 19.0 Å². The van der Waals surface area contributed by atoms with E-state index in [9.17, 15) is 35.6 Å². The number of anilines is 2. The second-order valence-corrected chi connectivity index (χ2v) is 17.7. The van der Waals surface area contributed by atoms with Crippen LogP contribution in [0.25, 0.3) is 27.6 Å². The molecule has 0 unspecified atom stereocenters. The number of nitrogens with zero attached hydrogens (tertiary/aromatic N) is 8. The number of rotatable bonds is 11. The molecule has 3 atom stereocenters. The van der Waals surface area contributed by atoms with Crippen molar-refractivity contribution in [2.75, 3.05) is 42.2 Å². The lowest BCUT2D eigenvalue weighted by Gasteiger charge is -2.25. The third kappa shape index (κ3) is 7.40. The predicted molar refractivity (Wildman–Crippen MR) is 213 cm³/mol. The average molecular weight is 905 g/mol. The molecule has 0 spiro atoms. The quantitative estimate of drug-likeness (QED) is 0.155. The Hall–Kier alpha value is -5.74. The van der Waals surface area contributed by atoms with Crippen LogP contribution in [0.5, 0.6) is 0 Å². The standard InChI is InChI=1S/C39H35ClF6N10O5S/c1-53-32-26(6-5-24(40)30(32)36(51-53)52-62(2,59)60)56-37(49-35-21(38(56)58)4-7-27(48-35)54-8-3-10-61-11-9-54)25(14-18-12-19(41)15-20(42)13-18)47-28(57)17-55-33-29(31(50-55)34(43)44)22-16-23(22)39(33,45)46/h4-7,12-13,15,22-23,25,34H,3,8-11,14,16-17H2,1-2H3,(H,47,57)(H,51,52)/t22-,23+,25-/m0/s1. The van der Waals surface area contributed by atoms with Crippen LogP contribution in [-0.4, -0.2) is 81.0 Å². The molecule has 23 heteroatoms. The summed E-state index contributed by atoms with van der Waals surface area (Å²) in [6.07, 6.45) is -2.09. The summed E-state index contributed by atoms with van der Waals surface area (Å²) in [4.78, 5) is 40.6. The van der Waals surface area contributed by atoms with Crippen molar-refractivity contribution in [1.29, 1.82) is 0 Å². The van der Waals surface area contributed by atoms with E-state index in [1.165, 1.54) is 29.9 Å². The monoisotopic (exact) mass is 904 g/mol. The highest BCUT2D eigenvalue weighted by molar-refractivity contribution is 7.92. The Labute approximate surface area is 352 Å². The summed E-state index contributed by atoms with van der Waals surface area (Å²) in [5, 5.41) is 10.8. The number of alkyl halides is 4. The zero-order valence-corrected chi connectivity index (χ0v) is 34.3. The number of aryl methyl sites for hydroxylation is 1. The minimum atomic E-state index is -3.91. The van der Waals surface area contributed by atoms with Crippen LogP contribution >= 0.6 is 11.6 Å². The van der Waals surface area contributed by atoms with Crippen molar-refractivity contribution in [3.8, 4) is 5.69 Å². The van der Waals surface area contributed by atoms with E-state index in [1.807, 2.05) is 4.90 Å². The smallest absolute Gasteiger partial charge is 0.293 e. The van der Waals surface area contributed by atoms with Gasteiger partial charge in [0, 0.05) is 50.7 Å². The van der Waals surface area contributed by atoms with E-state index < -0.39 is 87.7 Å². The molecule has 2 N–H and O–H groups in total. The van der Waals surface area contributed by atoms with Crippen molar-refractivity contribution in [3.05, 3.63) is 97.8 Å². The summed E-state index contributed by atoms with van der Waals surface area (Å²) >= 11 is 6.63. The maximum atomic E-state index is 15.5. The molecule has 0 bridgehead atoms. The molecule has 4 aromatic heterocycles. The van der Waals surface area contributed by atoms with Gasteiger partial charge in [-0.3, -0.25) is 28.2 Å². The molecule has 1 amide bonds. The maximum Gasteiger partial charge on any atom is 0.293 e. The molecule has 1 aliphatic heterocycles. The molecule has 1 saturated carbocycles. The fourth-order valence-corrected chi connectivity index (χ4v) is 9.34. The Bertz CT molecular complexity index is 2970. The third-order valence-corrected chi connectivity index (χ3v) is 12.1. The van der Waals surface area contributed by atoms with Crippen LogP contribution in [0.1, 0.15) is 59.6 Å². The first-order valence-electron chi connectivity index (χ1n) is 19.3. The summed E-state index contributed by atoms with van der Waals surface area (Å²) in [6.45, 7) is 0.961. The predicted octanol–water partition coefficient (Wildman–Crippen LogP) is 5.64. The first-order chi connectivity index (χ1) is 29.4. The van der Waals surface area contributed by atoms with Crippen LogP contribution in [0.2, 0.25) is 5.02 Å². The summed E-state index contributed by atoms with van der Waals surface area (Å²) in [7, 11) is -2.45. The summed E-state index contributed by atoms with van der Waals surface area (Å²) in [6, 6.07) is 6.98. The number of carbonyl (C=O) groups is 1. The number of pyridine rings is 1. The number of sulfonamides is 1. The van der Waals surface area contributed by atoms with Crippen LogP contribution in [-0.2, 0) is 45.5 Å². The van der Waals surface area contributed by atoms with Gasteiger partial charge >= 0.3 is 0 Å². The number of carbonyl (C=O) groups excluding carboxylic acids is 1. The molecule has 2 fully saturated rings. The van der Waals surface area contributed by atoms with Gasteiger partial charge in [0.2, 0.25) is 15.9 Å². The van der Waals surface area contributed by atoms with Gasteiger partial charge in [0.15, 0.2) is 11.5 Å². The van der Waals surface area contributed by atoms with Crippen LogP contribution in [0.3, 0.4) is 0 Å². The number of hydrogen-bond donors (Lipinski definition) is 2. The molecule has 326 valence electrons. The fourth-order valence-electron chi connectivity index (χ4n) is 8.60. The van der Waals surface area contributed by atoms with Gasteiger partial charge in [-0.15, -0.1) is 0 Å². The van der Waals surface area contributed by atoms with Crippen molar-refractivity contribution in [2.24, 2.45) is 13.0 Å². The molecule has 15 nitrogen and oxygen atoms in total. The molecule has 1 saturated heterocycles. The van der Waals surface area contributed by atoms with Crippen LogP contribution in [0.15, 0.2) is 47.3 Å². The van der Waals surface area contributed by atoms with E-state index in [0.29, 0.717) is 49.3 Å². The van der Waals surface area contributed by atoms with Gasteiger partial charge in [-0.25, -0.2) is 35.9 Å². The number of hydrogen-bond acceptors (Lipinski definition) is 10. The minimum absolute atomic E-state index is 0.00320. The number of benzene rings is 2. The molecule has 5 heterocycles. The first kappa shape index (κ1) is 41.6. The number of nitrogens with one attached hydrogen (secondary N) is 2. The van der Waals surface area contributed by atoms with Crippen LogP contribution in [0, 0.1) is 17.6 Å². The van der Waals surface area contributed by atoms with Crippen molar-refractivity contribution >= 4 is 61.1 Å². The number of ether oxygens (including phenoxy) is 1. The van der Waals surface area contributed by atoms with Gasteiger partial charge in [-0.05, 0) is 60.7 Å². The lowest BCUT2D eigenvalue weighted by molar-refractivity contribution is -0.123. The zero-order valence-electron chi connectivity index (χ0n) is 32.7. The number of fused-ring (bicyclic) bond motifs is 5. The van der Waals surface area contributed by atoms with E-state index in [4.69, 9.17) is 26.3 Å². The van der Waals surface area contributed by atoms with Gasteiger partial charge in [0.05, 0.1) is 45.9 Å².